The number of carbonyl (C=O) groups is 8. The van der Waals surface area contributed by atoms with Gasteiger partial charge in [0.05, 0.1) is 6.04 Å². The van der Waals surface area contributed by atoms with Crippen LogP contribution in [0, 0.1) is 5.92 Å². The predicted molar refractivity (Wildman–Crippen MR) is 276 cm³/mol. The Morgan fingerprint density at radius 3 is 1.86 bits per heavy atom. The first-order valence-electron chi connectivity index (χ1n) is 23.7. The van der Waals surface area contributed by atoms with Gasteiger partial charge in [0.15, 0.2) is 0 Å². The highest BCUT2D eigenvalue weighted by molar-refractivity contribution is 8.76. The summed E-state index contributed by atoms with van der Waals surface area (Å²) < 4.78 is 0. The van der Waals surface area contributed by atoms with Crippen molar-refractivity contribution >= 4 is 79.8 Å². The number of carboxylic acid groups (broad SMARTS) is 1. The normalized spacial score (nSPS) is 21.8. The van der Waals surface area contributed by atoms with Crippen molar-refractivity contribution in [2.24, 2.45) is 17.4 Å². The molecule has 8 atom stereocenters. The van der Waals surface area contributed by atoms with E-state index in [1.165, 1.54) is 26.1 Å². The number of phenols is 1. The van der Waals surface area contributed by atoms with E-state index in [4.69, 9.17) is 11.5 Å². The number of unbranched alkanes of at least 4 members (excludes halogenated alkanes) is 1. The number of fused-ring (bicyclic) bond motifs is 1. The highest BCUT2D eigenvalue weighted by Gasteiger charge is 2.37. The first-order chi connectivity index (χ1) is 34.4. The minimum atomic E-state index is -1.42. The number of H-pyrrole nitrogens is 1. The molecular formula is C50H66N10O10S2. The molecule has 4 aromatic rings. The van der Waals surface area contributed by atoms with E-state index in [9.17, 15) is 48.6 Å². The SMILES string of the molecule is CC(C)[C@H](NC(=O)[C@@H]1CSSC[C@H](N(C)C(=O)[C@H](C)N)C(=O)N[C@@H](Cc2ccccc2)C(=O)N[C@@H](Cc2c[nH]c3ccccc23)C(=O)N[C@@H](CCCCN)C(=O)N[C@@H](Cc2ccc(O)cc2)C(=O)N1)C(=O)O. The second-order valence-electron chi connectivity index (χ2n) is 18.1. The largest absolute Gasteiger partial charge is 0.508 e. The summed E-state index contributed by atoms with van der Waals surface area (Å²) >= 11 is 0. The summed E-state index contributed by atoms with van der Waals surface area (Å²) in [5.41, 5.74) is 14.5. The summed E-state index contributed by atoms with van der Waals surface area (Å²) in [5.74, 6) is -7.52. The van der Waals surface area contributed by atoms with Crippen LogP contribution in [0.1, 0.15) is 56.7 Å². The third-order valence-electron chi connectivity index (χ3n) is 12.2. The fourth-order valence-electron chi connectivity index (χ4n) is 8.00. The maximum Gasteiger partial charge on any atom is 0.326 e. The lowest BCUT2D eigenvalue weighted by molar-refractivity contribution is -0.143. The van der Waals surface area contributed by atoms with E-state index in [1.807, 2.05) is 24.3 Å². The van der Waals surface area contributed by atoms with Crippen molar-refractivity contribution in [2.45, 2.75) is 108 Å². The van der Waals surface area contributed by atoms with Crippen LogP contribution in [0.4, 0.5) is 0 Å². The number of benzene rings is 3. The first-order valence-corrected chi connectivity index (χ1v) is 26.2. The number of hydrogen-bond donors (Lipinski definition) is 11. The van der Waals surface area contributed by atoms with Crippen LogP contribution in [0.25, 0.3) is 10.9 Å². The van der Waals surface area contributed by atoms with Gasteiger partial charge in [-0.2, -0.15) is 0 Å². The van der Waals surface area contributed by atoms with Gasteiger partial charge in [0, 0.05) is 54.9 Å². The lowest BCUT2D eigenvalue weighted by atomic mass is 10.0. The molecule has 3 aromatic carbocycles. The van der Waals surface area contributed by atoms with Crippen LogP contribution in [0.2, 0.25) is 0 Å². The molecule has 388 valence electrons. The van der Waals surface area contributed by atoms with Gasteiger partial charge in [0.25, 0.3) is 0 Å². The number of aromatic nitrogens is 1. The molecule has 13 N–H and O–H groups in total. The van der Waals surface area contributed by atoms with Gasteiger partial charge in [-0.3, -0.25) is 33.6 Å². The van der Waals surface area contributed by atoms with Crippen LogP contribution >= 0.6 is 21.6 Å². The number of aromatic amines is 1. The van der Waals surface area contributed by atoms with E-state index in [0.29, 0.717) is 29.5 Å². The Bertz CT molecular complexity index is 2510. The molecule has 0 unspecified atom stereocenters. The second kappa shape index (κ2) is 27.3. The van der Waals surface area contributed by atoms with Crippen LogP contribution in [-0.4, -0.2) is 141 Å². The summed E-state index contributed by atoms with van der Waals surface area (Å²) in [6.07, 6.45) is 2.36. The average Bonchev–Trinajstić information content (AvgIpc) is 3.76. The van der Waals surface area contributed by atoms with Crippen LogP contribution in [0.5, 0.6) is 5.75 Å². The average molecular weight is 1030 g/mol. The summed E-state index contributed by atoms with van der Waals surface area (Å²) in [4.78, 5) is 117. The standard InChI is InChI=1S/C50H66N10O10S2/c1-28(2)42(50(69)70)59-47(66)40-26-71-72-27-41(60(4)49(68)29(3)52)48(67)57-38(22-30-12-6-5-7-13-30)44(63)56-39(24-32-25-53-35-15-9-8-14-34(32)35)46(65)54-36(16-10-11-21-51)43(62)55-37(45(64)58-40)23-31-17-19-33(61)20-18-31/h5-9,12-15,17-20,25,28-29,36-42,53,61H,10-11,16,21-24,26-27,51-52H2,1-4H3,(H,54,65)(H,55,62)(H,56,63)(H,57,67)(H,58,64)(H,59,66)(H,69,70)/t29-,36-,37-,38-,39-,40-,41-,42-/m0/s1. The van der Waals surface area contributed by atoms with Gasteiger partial charge in [0.1, 0.15) is 48.0 Å². The molecule has 1 aliphatic heterocycles. The third kappa shape index (κ3) is 16.2. The molecule has 0 aliphatic carbocycles. The van der Waals surface area contributed by atoms with E-state index in [2.05, 4.69) is 36.9 Å². The van der Waals surface area contributed by atoms with Crippen molar-refractivity contribution in [2.75, 3.05) is 25.1 Å². The number of carbonyl (C=O) groups excluding carboxylic acids is 7. The molecule has 7 amide bonds. The molecule has 1 saturated heterocycles. The Hall–Kier alpha value is -6.62. The number of phenolic OH excluding ortho intramolecular Hbond substituents is 1. The predicted octanol–water partition coefficient (Wildman–Crippen LogP) is 1.25. The number of carboxylic acids is 1. The smallest absolute Gasteiger partial charge is 0.326 e. The molecule has 0 saturated carbocycles. The van der Waals surface area contributed by atoms with E-state index < -0.39 is 102 Å². The molecule has 20 nitrogen and oxygen atoms in total. The molecule has 1 aliphatic rings. The zero-order valence-corrected chi connectivity index (χ0v) is 42.4. The maximum atomic E-state index is 14.8. The van der Waals surface area contributed by atoms with E-state index in [0.717, 1.165) is 37.4 Å². The van der Waals surface area contributed by atoms with E-state index in [1.54, 1.807) is 62.5 Å². The zero-order chi connectivity index (χ0) is 52.5. The fourth-order valence-corrected chi connectivity index (χ4v) is 10.4. The van der Waals surface area contributed by atoms with E-state index >= 15 is 0 Å². The number of nitrogens with zero attached hydrogens (tertiary/aromatic N) is 1. The number of nitrogens with one attached hydrogen (secondary N) is 7. The van der Waals surface area contributed by atoms with Gasteiger partial charge in [0.2, 0.25) is 41.4 Å². The van der Waals surface area contributed by atoms with Crippen molar-refractivity contribution in [1.29, 1.82) is 0 Å². The van der Waals surface area contributed by atoms with E-state index in [-0.39, 0.29) is 49.5 Å². The lowest BCUT2D eigenvalue weighted by Gasteiger charge is -2.31. The molecule has 0 spiro atoms. The summed E-state index contributed by atoms with van der Waals surface area (Å²) in [6, 6.07) is 11.8. The minimum absolute atomic E-state index is 0.0316. The van der Waals surface area contributed by atoms with Crippen molar-refractivity contribution < 1.29 is 48.6 Å². The van der Waals surface area contributed by atoms with Gasteiger partial charge < -0.3 is 63.5 Å². The number of para-hydroxylation sites is 1. The monoisotopic (exact) mass is 1030 g/mol. The van der Waals surface area contributed by atoms with Crippen molar-refractivity contribution in [3.63, 3.8) is 0 Å². The molecular weight excluding hydrogens is 965 g/mol. The van der Waals surface area contributed by atoms with Crippen LogP contribution in [-0.2, 0) is 57.6 Å². The zero-order valence-electron chi connectivity index (χ0n) is 40.7. The minimum Gasteiger partial charge on any atom is -0.508 e. The first kappa shape index (κ1) is 56.3. The fraction of sp³-hybridized carbons (Fsp3) is 0.440. The van der Waals surface area contributed by atoms with Gasteiger partial charge in [-0.25, -0.2) is 4.79 Å². The molecule has 1 fully saturated rings. The number of amides is 7. The quantitative estimate of drug-likeness (QED) is 0.0556. The molecule has 0 bridgehead atoms. The van der Waals surface area contributed by atoms with Crippen LogP contribution in [0.15, 0.2) is 85.1 Å². The molecule has 72 heavy (non-hydrogen) atoms. The van der Waals surface area contributed by atoms with Gasteiger partial charge in [-0.15, -0.1) is 0 Å². The highest BCUT2D eigenvalue weighted by Crippen LogP contribution is 2.26. The van der Waals surface area contributed by atoms with Crippen molar-refractivity contribution in [3.05, 3.63) is 102 Å². The Kier molecular flexibility index (Phi) is 21.3. The van der Waals surface area contributed by atoms with Crippen molar-refractivity contribution in [3.8, 4) is 5.75 Å². The number of aromatic hydroxyl groups is 1. The summed E-state index contributed by atoms with van der Waals surface area (Å²) in [6.45, 7) is 4.94. The van der Waals surface area contributed by atoms with Crippen LogP contribution in [0.3, 0.4) is 0 Å². The van der Waals surface area contributed by atoms with Crippen molar-refractivity contribution in [1.82, 2.24) is 41.8 Å². The molecule has 1 aromatic heterocycles. The summed E-state index contributed by atoms with van der Waals surface area (Å²) in [7, 11) is 3.51. The Morgan fingerprint density at radius 1 is 0.708 bits per heavy atom. The Balaban J connectivity index is 1.62. The number of nitrogens with two attached hydrogens (primary N) is 2. The number of aliphatic carboxylic acids is 1. The maximum absolute atomic E-state index is 14.8. The van der Waals surface area contributed by atoms with Gasteiger partial charge in [-0.1, -0.05) is 96.1 Å². The second-order valence-corrected chi connectivity index (χ2v) is 20.7. The Labute approximate surface area is 426 Å². The van der Waals surface area contributed by atoms with Gasteiger partial charge in [-0.05, 0) is 73.5 Å². The molecule has 2 heterocycles. The molecule has 5 rings (SSSR count). The van der Waals surface area contributed by atoms with Gasteiger partial charge >= 0.3 is 5.97 Å². The Morgan fingerprint density at radius 2 is 1.25 bits per heavy atom. The summed E-state index contributed by atoms with van der Waals surface area (Å²) in [5, 5.41) is 37.3. The molecule has 0 radical (unpaired) electrons. The highest BCUT2D eigenvalue weighted by atomic mass is 33.1. The number of rotatable bonds is 16. The topological polar surface area (TPSA) is 320 Å². The number of hydrogen-bond acceptors (Lipinski definition) is 13. The molecule has 22 heteroatoms. The third-order valence-corrected chi connectivity index (χ3v) is 14.6. The number of likely N-dealkylation sites (N-methyl/N-ethyl adjacent to an activating group) is 1. The lowest BCUT2D eigenvalue weighted by Crippen LogP contribution is -2.61. The van der Waals surface area contributed by atoms with Crippen LogP contribution < -0.4 is 43.4 Å².